The zero-order valence-electron chi connectivity index (χ0n) is 23.7. The van der Waals surface area contributed by atoms with Crippen LogP contribution in [0.5, 0.6) is 0 Å². The normalized spacial score (nSPS) is 52.3. The second-order valence-electron chi connectivity index (χ2n) is 14.2. The van der Waals surface area contributed by atoms with Crippen molar-refractivity contribution in [2.75, 3.05) is 6.61 Å². The van der Waals surface area contributed by atoms with Crippen LogP contribution in [0.25, 0.3) is 0 Å². The molecule has 224 valence electrons. The lowest BCUT2D eigenvalue weighted by molar-refractivity contribution is -0.292. The lowest BCUT2D eigenvalue weighted by Crippen LogP contribution is -2.59. The largest absolute Gasteiger partial charge is 0.433 e. The van der Waals surface area contributed by atoms with Crippen molar-refractivity contribution in [1.82, 2.24) is 0 Å². The van der Waals surface area contributed by atoms with Crippen LogP contribution in [0.1, 0.15) is 85.0 Å². The number of carbonyl (C=O) groups is 1. The Kier molecular flexibility index (Phi) is 8.46. The van der Waals surface area contributed by atoms with E-state index in [9.17, 15) is 35.4 Å². The maximum Gasteiger partial charge on any atom is 0.308 e. The van der Waals surface area contributed by atoms with Gasteiger partial charge < -0.3 is 40.1 Å². The van der Waals surface area contributed by atoms with Crippen LogP contribution in [0.15, 0.2) is 0 Å². The van der Waals surface area contributed by atoms with E-state index in [0.29, 0.717) is 36.0 Å². The van der Waals surface area contributed by atoms with Crippen LogP contribution in [0.3, 0.4) is 0 Å². The molecule has 6 N–H and O–H groups in total. The molecular weight excluding hydrogens is 504 g/mol. The summed E-state index contributed by atoms with van der Waals surface area (Å²) >= 11 is 0. The minimum atomic E-state index is -1.59. The van der Waals surface area contributed by atoms with Crippen molar-refractivity contribution in [3.05, 3.63) is 0 Å². The maximum atomic E-state index is 12.7. The minimum Gasteiger partial charge on any atom is -0.433 e. The molecule has 5 aliphatic rings. The van der Waals surface area contributed by atoms with Crippen molar-refractivity contribution in [3.63, 3.8) is 0 Å². The number of hydrogen-bond donors (Lipinski definition) is 6. The average molecular weight is 555 g/mol. The first kappa shape index (κ1) is 29.7. The quantitative estimate of drug-likeness (QED) is 0.269. The second-order valence-corrected chi connectivity index (χ2v) is 14.2. The fraction of sp³-hybridized carbons (Fsp3) is 0.967. The van der Waals surface area contributed by atoms with Gasteiger partial charge >= 0.3 is 5.97 Å². The number of rotatable bonds is 6. The van der Waals surface area contributed by atoms with E-state index in [1.807, 2.05) is 0 Å². The van der Waals surface area contributed by atoms with Gasteiger partial charge in [0, 0.05) is 6.42 Å². The number of aliphatic hydroxyl groups is 6. The van der Waals surface area contributed by atoms with E-state index < -0.39 is 43.3 Å². The molecule has 0 aromatic carbocycles. The molecule has 1 aliphatic heterocycles. The molecule has 0 spiro atoms. The number of fused-ring (bicyclic) bond motifs is 5. The number of ether oxygens (including phenoxy) is 2. The Morgan fingerprint density at radius 2 is 1.62 bits per heavy atom. The van der Waals surface area contributed by atoms with E-state index in [2.05, 4.69) is 20.8 Å². The first-order valence-corrected chi connectivity index (χ1v) is 15.3. The molecule has 9 nitrogen and oxygen atoms in total. The third-order valence-corrected chi connectivity index (χ3v) is 12.3. The van der Waals surface area contributed by atoms with E-state index in [4.69, 9.17) is 9.47 Å². The highest BCUT2D eigenvalue weighted by Gasteiger charge is 2.62. The molecule has 1 heterocycles. The van der Waals surface area contributed by atoms with Crippen molar-refractivity contribution in [2.24, 2.45) is 46.3 Å². The van der Waals surface area contributed by atoms with E-state index in [0.717, 1.165) is 51.4 Å². The molecule has 9 heteroatoms. The van der Waals surface area contributed by atoms with Gasteiger partial charge in [-0.2, -0.15) is 0 Å². The van der Waals surface area contributed by atoms with Gasteiger partial charge in [-0.25, -0.2) is 0 Å². The second kappa shape index (κ2) is 11.1. The minimum absolute atomic E-state index is 0.111. The molecule has 39 heavy (non-hydrogen) atoms. The standard InChI is InChI=1S/C30H50O9/c1-15(4-7-23(34)39-28-27(37)26(36)25(35)22(14-31)38-28)18-5-6-19-24-20(9-11-30(18,19)3)29(2)10-8-17(32)12-16(29)13-21(24)33/h15-22,24-28,31-33,35-37H,4-14H2,1-3H3/t15-,16+,17-,18-,19+,20+,21-,22-,24+,25-,26+,27-,28+,29+,30-/m1/s1. The summed E-state index contributed by atoms with van der Waals surface area (Å²) in [6.45, 7) is 6.45. The highest BCUT2D eigenvalue weighted by atomic mass is 16.7. The third kappa shape index (κ3) is 5.08. The fourth-order valence-electron chi connectivity index (χ4n) is 10.1. The maximum absolute atomic E-state index is 12.7. The summed E-state index contributed by atoms with van der Waals surface area (Å²) in [6.07, 6.45) is 0.950. The van der Waals surface area contributed by atoms with Gasteiger partial charge in [-0.15, -0.1) is 0 Å². The van der Waals surface area contributed by atoms with Gasteiger partial charge in [0.05, 0.1) is 18.8 Å². The van der Waals surface area contributed by atoms with Crippen LogP contribution in [0.4, 0.5) is 0 Å². The number of carbonyl (C=O) groups excluding carboxylic acids is 1. The molecule has 1 saturated heterocycles. The van der Waals surface area contributed by atoms with E-state index >= 15 is 0 Å². The van der Waals surface area contributed by atoms with E-state index in [-0.39, 0.29) is 35.4 Å². The Balaban J connectivity index is 1.20. The lowest BCUT2D eigenvalue weighted by atomic mass is 9.43. The van der Waals surface area contributed by atoms with Crippen LogP contribution in [-0.4, -0.2) is 86.1 Å². The Bertz CT molecular complexity index is 882. The van der Waals surface area contributed by atoms with Gasteiger partial charge in [-0.05, 0) is 104 Å². The molecule has 5 fully saturated rings. The van der Waals surface area contributed by atoms with Crippen molar-refractivity contribution < 1.29 is 44.9 Å². The Labute approximate surface area is 231 Å². The Morgan fingerprint density at radius 1 is 0.923 bits per heavy atom. The van der Waals surface area contributed by atoms with Crippen molar-refractivity contribution in [3.8, 4) is 0 Å². The monoisotopic (exact) mass is 554 g/mol. The van der Waals surface area contributed by atoms with Gasteiger partial charge in [-0.3, -0.25) is 4.79 Å². The molecule has 0 bridgehead atoms. The van der Waals surface area contributed by atoms with Crippen LogP contribution >= 0.6 is 0 Å². The first-order chi connectivity index (χ1) is 18.4. The Hall–Kier alpha value is -0.810. The summed E-state index contributed by atoms with van der Waals surface area (Å²) in [4.78, 5) is 12.7. The van der Waals surface area contributed by atoms with Crippen LogP contribution < -0.4 is 0 Å². The smallest absolute Gasteiger partial charge is 0.308 e. The van der Waals surface area contributed by atoms with E-state index in [1.165, 1.54) is 0 Å². The molecule has 4 saturated carbocycles. The van der Waals surface area contributed by atoms with Crippen molar-refractivity contribution in [2.45, 2.75) is 128 Å². The SMILES string of the molecule is C[C@H](CCC(=O)O[C@@H]1O[C@H](CO)[C@@H](O)[C@H](O)[C@H]1O)[C@H]1CC[C@H]2[C@@H]3[C@H](O)C[C@@H]4C[C@H](O)CC[C@]4(C)[C@H]3CC[C@]12C. The molecular formula is C30H50O9. The predicted octanol–water partition coefficient (Wildman–Crippen LogP) is 1.74. The molecule has 4 aliphatic carbocycles. The summed E-state index contributed by atoms with van der Waals surface area (Å²) in [6, 6.07) is 0. The van der Waals surface area contributed by atoms with Crippen molar-refractivity contribution in [1.29, 1.82) is 0 Å². The van der Waals surface area contributed by atoms with Crippen molar-refractivity contribution >= 4 is 5.97 Å². The fourth-order valence-corrected chi connectivity index (χ4v) is 10.1. The zero-order valence-corrected chi connectivity index (χ0v) is 23.7. The van der Waals surface area contributed by atoms with Gasteiger partial charge in [0.25, 0.3) is 0 Å². The molecule has 0 aromatic heterocycles. The molecule has 0 amide bonds. The molecule has 0 aromatic rings. The third-order valence-electron chi connectivity index (χ3n) is 12.3. The summed E-state index contributed by atoms with van der Waals surface area (Å²) in [5.74, 6) is 1.82. The summed E-state index contributed by atoms with van der Waals surface area (Å²) in [5, 5.41) is 61.2. The van der Waals surface area contributed by atoms with Gasteiger partial charge in [0.2, 0.25) is 6.29 Å². The molecule has 5 rings (SSSR count). The first-order valence-electron chi connectivity index (χ1n) is 15.3. The molecule has 15 atom stereocenters. The molecule has 0 unspecified atom stereocenters. The number of aliphatic hydroxyl groups excluding tert-OH is 6. The van der Waals surface area contributed by atoms with Gasteiger partial charge in [0.15, 0.2) is 0 Å². The summed E-state index contributed by atoms with van der Waals surface area (Å²) < 4.78 is 10.6. The zero-order chi connectivity index (χ0) is 28.3. The van der Waals surface area contributed by atoms with Crippen LogP contribution in [-0.2, 0) is 14.3 Å². The average Bonchev–Trinajstić information content (AvgIpc) is 3.25. The topological polar surface area (TPSA) is 157 Å². The highest BCUT2D eigenvalue weighted by molar-refractivity contribution is 5.69. The van der Waals surface area contributed by atoms with Gasteiger partial charge in [-0.1, -0.05) is 20.8 Å². The predicted molar refractivity (Wildman–Crippen MR) is 141 cm³/mol. The number of esters is 1. The Morgan fingerprint density at radius 3 is 2.33 bits per heavy atom. The number of hydrogen-bond acceptors (Lipinski definition) is 9. The lowest BCUT2D eigenvalue weighted by Gasteiger charge is -2.62. The highest BCUT2D eigenvalue weighted by Crippen LogP contribution is 2.68. The summed E-state index contributed by atoms with van der Waals surface area (Å²) in [5.41, 5.74) is 0.308. The summed E-state index contributed by atoms with van der Waals surface area (Å²) in [7, 11) is 0. The van der Waals surface area contributed by atoms with E-state index in [1.54, 1.807) is 0 Å². The molecule has 0 radical (unpaired) electrons. The van der Waals surface area contributed by atoms with Crippen LogP contribution in [0, 0.1) is 46.3 Å². The van der Waals surface area contributed by atoms with Gasteiger partial charge in [0.1, 0.15) is 24.4 Å². The van der Waals surface area contributed by atoms with Crippen LogP contribution in [0.2, 0.25) is 0 Å².